The molecule has 0 saturated carbocycles. The second kappa shape index (κ2) is 10.2. The number of amides is 1. The number of nitrogens with zero attached hydrogens (tertiary/aromatic N) is 2. The maximum atomic E-state index is 12.5. The van der Waals surface area contributed by atoms with Gasteiger partial charge in [0.05, 0.1) is 16.4 Å². The molecular formula is C18H24N2O8S. The third kappa shape index (κ3) is 6.70. The van der Waals surface area contributed by atoms with Crippen molar-refractivity contribution in [3.8, 4) is 5.75 Å². The van der Waals surface area contributed by atoms with Crippen molar-refractivity contribution in [3.05, 3.63) is 34.4 Å². The van der Waals surface area contributed by atoms with Crippen LogP contribution in [0.5, 0.6) is 5.75 Å². The Hall–Kier alpha value is -2.69. The maximum absolute atomic E-state index is 12.5. The van der Waals surface area contributed by atoms with Crippen LogP contribution in [-0.4, -0.2) is 67.4 Å². The van der Waals surface area contributed by atoms with Gasteiger partial charge in [0.25, 0.3) is 5.91 Å². The number of hydrogen-bond acceptors (Lipinski definition) is 8. The molecule has 0 N–H and O–H groups in total. The number of hydrogen-bond donors (Lipinski definition) is 0. The lowest BCUT2D eigenvalue weighted by molar-refractivity contribution is -0.385. The molecule has 1 atom stereocenters. The lowest BCUT2D eigenvalue weighted by Gasteiger charge is -2.28. The van der Waals surface area contributed by atoms with Crippen LogP contribution in [0.2, 0.25) is 0 Å². The van der Waals surface area contributed by atoms with E-state index in [1.54, 1.807) is 0 Å². The first kappa shape index (κ1) is 22.6. The van der Waals surface area contributed by atoms with Gasteiger partial charge in [0, 0.05) is 18.7 Å². The molecule has 0 aromatic heterocycles. The molecule has 1 saturated heterocycles. The molecule has 160 valence electrons. The molecule has 1 amide bonds. The Morgan fingerprint density at radius 3 is 2.62 bits per heavy atom. The van der Waals surface area contributed by atoms with Crippen LogP contribution in [-0.2, 0) is 24.2 Å². The third-order valence-electron chi connectivity index (χ3n) is 4.49. The summed E-state index contributed by atoms with van der Waals surface area (Å²) in [5.74, 6) is -1.46. The lowest BCUT2D eigenvalue weighted by Crippen LogP contribution is -2.44. The molecule has 0 aliphatic carbocycles. The quantitative estimate of drug-likeness (QED) is 0.310. The number of ether oxygens (including phenoxy) is 2. The monoisotopic (exact) mass is 428 g/mol. The summed E-state index contributed by atoms with van der Waals surface area (Å²) in [5, 5.41) is 10.9. The molecule has 1 heterocycles. The first-order valence-electron chi connectivity index (χ1n) is 9.25. The summed E-state index contributed by atoms with van der Waals surface area (Å²) >= 11 is 0. The maximum Gasteiger partial charge on any atom is 0.344 e. The summed E-state index contributed by atoms with van der Waals surface area (Å²) in [6, 6.07) is 5.17. The van der Waals surface area contributed by atoms with E-state index in [0.29, 0.717) is 19.4 Å². The number of esters is 1. The van der Waals surface area contributed by atoms with Crippen molar-refractivity contribution in [2.24, 2.45) is 0 Å². The van der Waals surface area contributed by atoms with Crippen molar-refractivity contribution in [1.82, 2.24) is 4.90 Å². The summed E-state index contributed by atoms with van der Waals surface area (Å²) < 4.78 is 33.5. The van der Waals surface area contributed by atoms with E-state index in [-0.39, 0.29) is 22.9 Å². The Labute approximate surface area is 168 Å². The fourth-order valence-electron chi connectivity index (χ4n) is 2.99. The van der Waals surface area contributed by atoms with E-state index in [0.717, 1.165) is 6.42 Å². The summed E-state index contributed by atoms with van der Waals surface area (Å²) in [7, 11) is -3.16. The normalized spacial score (nSPS) is 17.5. The first-order valence-corrected chi connectivity index (χ1v) is 11.1. The first-order chi connectivity index (χ1) is 13.7. The van der Waals surface area contributed by atoms with Gasteiger partial charge in [-0.25, -0.2) is 13.2 Å². The number of para-hydroxylation sites is 2. The average Bonchev–Trinajstić information content (AvgIpc) is 3.04. The van der Waals surface area contributed by atoms with Gasteiger partial charge in [0.1, 0.15) is 0 Å². The largest absolute Gasteiger partial charge is 0.475 e. The van der Waals surface area contributed by atoms with E-state index in [9.17, 15) is 28.1 Å². The van der Waals surface area contributed by atoms with Crippen molar-refractivity contribution in [2.45, 2.75) is 32.2 Å². The highest BCUT2D eigenvalue weighted by Crippen LogP contribution is 2.25. The van der Waals surface area contributed by atoms with Gasteiger partial charge in [0.15, 0.2) is 28.8 Å². The topological polar surface area (TPSA) is 133 Å². The van der Waals surface area contributed by atoms with E-state index in [4.69, 9.17) is 9.47 Å². The highest BCUT2D eigenvalue weighted by molar-refractivity contribution is 7.91. The van der Waals surface area contributed by atoms with Crippen LogP contribution in [0.1, 0.15) is 26.2 Å². The van der Waals surface area contributed by atoms with E-state index in [1.165, 1.54) is 29.2 Å². The van der Waals surface area contributed by atoms with E-state index < -0.39 is 45.9 Å². The predicted octanol–water partition coefficient (Wildman–Crippen LogP) is 1.33. The number of carbonyl (C=O) groups is 2. The molecule has 1 unspecified atom stereocenters. The number of rotatable bonds is 10. The Kier molecular flexibility index (Phi) is 7.94. The highest BCUT2D eigenvalue weighted by Gasteiger charge is 2.34. The molecule has 0 radical (unpaired) electrons. The fraction of sp³-hybridized carbons (Fsp3) is 0.556. The molecule has 1 fully saturated rings. The summed E-state index contributed by atoms with van der Waals surface area (Å²) in [5.41, 5.74) is -0.287. The number of benzene rings is 1. The van der Waals surface area contributed by atoms with Gasteiger partial charge in [0.2, 0.25) is 0 Å². The molecule has 1 aromatic rings. The zero-order valence-corrected chi connectivity index (χ0v) is 16.9. The third-order valence-corrected chi connectivity index (χ3v) is 6.24. The second-order valence-corrected chi connectivity index (χ2v) is 8.90. The molecule has 11 heteroatoms. The molecule has 1 aliphatic rings. The van der Waals surface area contributed by atoms with Gasteiger partial charge in [-0.15, -0.1) is 0 Å². The minimum Gasteiger partial charge on any atom is -0.475 e. The lowest BCUT2D eigenvalue weighted by atomic mass is 10.2. The van der Waals surface area contributed by atoms with Crippen LogP contribution in [0.4, 0.5) is 5.69 Å². The molecule has 1 aromatic carbocycles. The number of unbranched alkanes of at least 4 members (excludes halogenated alkanes) is 1. The smallest absolute Gasteiger partial charge is 0.344 e. The Balaban J connectivity index is 1.88. The van der Waals surface area contributed by atoms with Gasteiger partial charge in [-0.1, -0.05) is 25.5 Å². The van der Waals surface area contributed by atoms with Crippen LogP contribution in [0, 0.1) is 10.1 Å². The number of sulfone groups is 1. The summed E-state index contributed by atoms with van der Waals surface area (Å²) in [4.78, 5) is 36.1. The molecule has 0 bridgehead atoms. The minimum absolute atomic E-state index is 0.0387. The van der Waals surface area contributed by atoms with Crippen molar-refractivity contribution >= 4 is 27.4 Å². The van der Waals surface area contributed by atoms with Crippen molar-refractivity contribution in [3.63, 3.8) is 0 Å². The van der Waals surface area contributed by atoms with Crippen molar-refractivity contribution in [1.29, 1.82) is 0 Å². The van der Waals surface area contributed by atoms with Crippen molar-refractivity contribution < 1.29 is 32.4 Å². The molecule has 1 aliphatic heterocycles. The van der Waals surface area contributed by atoms with Gasteiger partial charge in [-0.05, 0) is 18.9 Å². The Morgan fingerprint density at radius 2 is 2.00 bits per heavy atom. The Bertz CT molecular complexity index is 855. The SMILES string of the molecule is CCCCN(C(=O)COC(=O)COc1ccccc1[N+](=O)[O-])C1CCS(=O)(=O)C1. The van der Waals surface area contributed by atoms with Gasteiger partial charge in [-0.2, -0.15) is 0 Å². The minimum atomic E-state index is -3.16. The molecule has 2 rings (SSSR count). The summed E-state index contributed by atoms with van der Waals surface area (Å²) in [6.07, 6.45) is 1.90. The number of nitro groups is 1. The molecule has 0 spiro atoms. The van der Waals surface area contributed by atoms with Gasteiger partial charge < -0.3 is 14.4 Å². The number of carbonyl (C=O) groups excluding carboxylic acids is 2. The van der Waals surface area contributed by atoms with E-state index >= 15 is 0 Å². The second-order valence-electron chi connectivity index (χ2n) is 6.67. The van der Waals surface area contributed by atoms with Crippen molar-refractivity contribution in [2.75, 3.05) is 31.3 Å². The summed E-state index contributed by atoms with van der Waals surface area (Å²) in [6.45, 7) is 1.21. The molecule has 10 nitrogen and oxygen atoms in total. The zero-order chi connectivity index (χ0) is 21.4. The van der Waals surface area contributed by atoms with E-state index in [1.807, 2.05) is 6.92 Å². The van der Waals surface area contributed by atoms with Gasteiger partial charge >= 0.3 is 11.7 Å². The van der Waals surface area contributed by atoms with Crippen LogP contribution in [0.15, 0.2) is 24.3 Å². The fourth-order valence-corrected chi connectivity index (χ4v) is 4.72. The predicted molar refractivity (Wildman–Crippen MR) is 103 cm³/mol. The number of nitro benzene ring substituents is 1. The standard InChI is InChI=1S/C18H24N2O8S/c1-2-3-9-19(14-8-10-29(25,26)13-14)17(21)11-28-18(22)12-27-16-7-5-4-6-15(16)20(23)24/h4-7,14H,2-3,8-13H2,1H3. The van der Waals surface area contributed by atoms with Gasteiger partial charge in [-0.3, -0.25) is 14.9 Å². The molecular weight excluding hydrogens is 404 g/mol. The Morgan fingerprint density at radius 1 is 1.28 bits per heavy atom. The van der Waals surface area contributed by atoms with Crippen LogP contribution < -0.4 is 4.74 Å². The van der Waals surface area contributed by atoms with Crippen LogP contribution >= 0.6 is 0 Å². The molecule has 29 heavy (non-hydrogen) atoms. The average molecular weight is 428 g/mol. The van der Waals surface area contributed by atoms with E-state index in [2.05, 4.69) is 0 Å². The zero-order valence-electron chi connectivity index (χ0n) is 16.1. The van der Waals surface area contributed by atoms with Crippen LogP contribution in [0.3, 0.4) is 0 Å². The highest BCUT2D eigenvalue weighted by atomic mass is 32.2. The van der Waals surface area contributed by atoms with Crippen LogP contribution in [0.25, 0.3) is 0 Å².